The number of rotatable bonds is 27. The van der Waals surface area contributed by atoms with Crippen molar-refractivity contribution in [3.63, 3.8) is 0 Å². The van der Waals surface area contributed by atoms with Crippen molar-refractivity contribution in [3.8, 4) is 40.2 Å². The highest BCUT2D eigenvalue weighted by atomic mass is 79.9. The summed E-state index contributed by atoms with van der Waals surface area (Å²) >= 11 is 42.1. The number of Topliss-reactive ketones (excluding diaryl/α,β-unsaturated/α-hetero) is 6. The van der Waals surface area contributed by atoms with E-state index < -0.39 is 0 Å². The molecule has 0 radical (unpaired) electrons. The van der Waals surface area contributed by atoms with Crippen LogP contribution in [-0.4, -0.2) is 159 Å². The van der Waals surface area contributed by atoms with Crippen LogP contribution < -0.4 is 5.43 Å². The summed E-state index contributed by atoms with van der Waals surface area (Å²) in [4.78, 5) is 107. The van der Waals surface area contributed by atoms with Crippen LogP contribution in [0, 0.1) is 27.7 Å². The molecule has 8 N–H and O–H groups in total. The number of hydrazone groups is 1. The Hall–Kier alpha value is -11.0. The first-order valence-electron chi connectivity index (χ1n) is 40.0. The third-order valence-electron chi connectivity index (χ3n) is 18.1. The topological polar surface area (TPSA) is 452 Å². The first-order chi connectivity index (χ1) is 66.7. The van der Waals surface area contributed by atoms with E-state index in [2.05, 4.69) is 248 Å². The van der Waals surface area contributed by atoms with Crippen LogP contribution in [0.15, 0.2) is 332 Å². The van der Waals surface area contributed by atoms with Crippen molar-refractivity contribution in [1.29, 1.82) is 0 Å². The Morgan fingerprint density at radius 1 is 0.314 bits per heavy atom. The predicted molar refractivity (Wildman–Crippen MR) is 580 cm³/mol. The summed E-state index contributed by atoms with van der Waals surface area (Å²) in [6.07, 6.45) is 17.3. The number of hydrogen-bond donors (Lipinski definition) is 8. The average molecular weight is 2740 g/mol. The molecule has 0 saturated heterocycles. The fourth-order valence-electron chi connectivity index (χ4n) is 11.2. The van der Waals surface area contributed by atoms with Crippen molar-refractivity contribution in [2.24, 2.45) is 35.1 Å². The first-order valence-corrected chi connectivity index (χ1v) is 50.3. The van der Waals surface area contributed by atoms with E-state index in [1.165, 1.54) is 80.9 Å². The number of nitrogens with zero attached hydrogens (tertiary/aromatic N) is 7. The molecule has 0 aliphatic rings. The molecule has 0 atom stereocenters. The Kier molecular flexibility index (Phi) is 45.0. The number of nitrogens with one attached hydrogen (secondary N) is 1. The molecule has 0 fully saturated rings. The van der Waals surface area contributed by atoms with Gasteiger partial charge in [0, 0.05) is 131 Å². The van der Waals surface area contributed by atoms with Crippen molar-refractivity contribution in [2.45, 2.75) is 27.7 Å². The molecule has 42 heteroatoms. The van der Waals surface area contributed by atoms with E-state index in [1.807, 2.05) is 56.3 Å². The van der Waals surface area contributed by atoms with Gasteiger partial charge in [0.25, 0.3) is 5.91 Å². The van der Waals surface area contributed by atoms with E-state index >= 15 is 0 Å². The van der Waals surface area contributed by atoms with Gasteiger partial charge in [0.05, 0.1) is 44.9 Å². The Labute approximate surface area is 907 Å². The number of aromatic hydroxyl groups is 7. The average Bonchev–Trinajstić information content (AvgIpc) is 1.06. The molecule has 15 rings (SSSR count). The molecule has 7 aromatic heterocycles. The number of aliphatic imine (C=N–C) groups is 6. The van der Waals surface area contributed by atoms with E-state index in [-0.39, 0.29) is 155 Å². The molecule has 0 aliphatic heterocycles. The van der Waals surface area contributed by atoms with E-state index in [1.54, 1.807) is 141 Å². The van der Waals surface area contributed by atoms with Crippen molar-refractivity contribution >= 4 is 302 Å². The maximum Gasteiger partial charge on any atom is 0.274 e. The van der Waals surface area contributed by atoms with Gasteiger partial charge in [-0.2, -0.15) is 5.10 Å². The van der Waals surface area contributed by atoms with Crippen LogP contribution >= 0.6 is 207 Å². The molecule has 0 spiro atoms. The van der Waals surface area contributed by atoms with Crippen molar-refractivity contribution in [3.05, 3.63) is 367 Å². The molecule has 15 aromatic rings. The van der Waals surface area contributed by atoms with Gasteiger partial charge in [-0.05, 0) is 301 Å². The zero-order chi connectivity index (χ0) is 102. The van der Waals surface area contributed by atoms with Gasteiger partial charge in [0.2, 0.25) is 34.7 Å². The maximum absolute atomic E-state index is 12.0. The van der Waals surface area contributed by atoms with Gasteiger partial charge < -0.3 is 66.7 Å². The standard InChI is InChI=1S/C17H11Br2NO3.C14H10Br3NO3.2C14H11Br2NO3.C14H12BrNO3.C13H9Br2NO3.C12H9BrN2O3/c18-13-7-16(23-17(13)19)15(22)9-20-8-12-11-4-2-1-3-10(11)5-6-14(12)21;1-7-2-9(15)3-8(13(7)20)5-18-6-11(19)12-4-10(16)14(17)21-12;1-8-2-10(15)3-9(14(8)19)5-17-6-12(18)13-4-11(16)7-20-13;1-8-2-3-9(11(18)4-8)6-17-7-12(19)13-5-10(15)14(16)20-13;1-9-2-3-10(12(17)4-9)6-16-7-13(18)14-5-11(15)8-19-14;14-9-1-2-11(17)8(3-9)5-16-6-12(18)13-4-10(15)7-19-13;13-10-2-1-8(11(16)5-10)6-14-15-12(17)9-3-4-18-7-9/h1-8,21H,9H2;2-5,20H,6H2,1H3;2-5,7,19H,6H2,1H3;2-6,18H,7H2,1H3;2-6,8,17H,7H2,1H3;1-5,7,17H,6H2;1-7,16H,(H,15,17)/b;;;;;;14-6+. The highest BCUT2D eigenvalue weighted by molar-refractivity contribution is 9.14. The molecule has 0 bridgehead atoms. The number of fused-ring (bicyclic) bond motifs is 1. The number of phenols is 7. The summed E-state index contributed by atoms with van der Waals surface area (Å²) in [7, 11) is 0. The highest BCUT2D eigenvalue weighted by Crippen LogP contribution is 2.34. The van der Waals surface area contributed by atoms with Gasteiger partial charge in [-0.1, -0.05) is 106 Å². The van der Waals surface area contributed by atoms with Gasteiger partial charge >= 0.3 is 0 Å². The normalized spacial score (nSPS) is 11.1. The van der Waals surface area contributed by atoms with Crippen molar-refractivity contribution in [2.75, 3.05) is 39.3 Å². The predicted octanol–water partition coefficient (Wildman–Crippen LogP) is 27.8. The number of phenolic OH excluding ortho intramolecular Hbond substituents is 7. The highest BCUT2D eigenvalue weighted by Gasteiger charge is 2.20. The quantitative estimate of drug-likeness (QED) is 0.0135. The van der Waals surface area contributed by atoms with E-state index in [0.29, 0.717) is 80.9 Å². The SMILES string of the molecule is Cc1cc(Br)cc(C=NCC(=O)c2cc(Br)c(Br)o2)c1O.Cc1cc(Br)cc(C=NCC(=O)c2cc(Br)co2)c1O.Cc1ccc(C=NCC(=O)c2cc(Br)c(Br)o2)c(O)c1.Cc1ccc(C=NCC(=O)c2cc(Br)co2)c(O)c1.O=C(CN=Cc1c(O)ccc2ccccc12)c1cc(Br)c(Br)o1.O=C(CN=Cc1cc(Br)ccc1O)c1cc(Br)co1.O=C(N/N=C/c1ccc(Br)cc1O)c1ccoc1. The van der Waals surface area contributed by atoms with Gasteiger partial charge in [-0.3, -0.25) is 63.5 Å². The zero-order valence-corrected chi connectivity index (χ0v) is 93.4. The van der Waals surface area contributed by atoms with Crippen LogP contribution in [0.2, 0.25) is 0 Å². The van der Waals surface area contributed by atoms with E-state index in [9.17, 15) is 69.3 Å². The number of carbonyl (C=O) groups is 7. The molecule has 722 valence electrons. The number of amides is 1. The summed E-state index contributed by atoms with van der Waals surface area (Å²) in [6, 6.07) is 49.8. The molecule has 1 amide bonds. The molecule has 29 nitrogen and oxygen atoms in total. The van der Waals surface area contributed by atoms with E-state index in [4.69, 9.17) is 30.9 Å². The van der Waals surface area contributed by atoms with E-state index in [0.717, 1.165) is 55.4 Å². The van der Waals surface area contributed by atoms with Gasteiger partial charge in [0.15, 0.2) is 48.6 Å². The van der Waals surface area contributed by atoms with Crippen molar-refractivity contribution in [1.82, 2.24) is 5.43 Å². The lowest BCUT2D eigenvalue weighted by Crippen LogP contribution is -2.16. The maximum atomic E-state index is 12.0. The van der Waals surface area contributed by atoms with Crippen LogP contribution in [0.5, 0.6) is 40.2 Å². The molecular formula is C98H73Br13N8O21. The minimum absolute atomic E-state index is 0.0206. The summed E-state index contributed by atoms with van der Waals surface area (Å²) < 4.78 is 44.5. The number of carbonyl (C=O) groups excluding carboxylic acids is 7. The lowest BCUT2D eigenvalue weighted by molar-refractivity contribution is 0.0949. The molecule has 8 aromatic carbocycles. The monoisotopic (exact) mass is 2720 g/mol. The van der Waals surface area contributed by atoms with Crippen LogP contribution in [0.1, 0.15) is 135 Å². The van der Waals surface area contributed by atoms with Crippen molar-refractivity contribution < 1.29 is 100 Å². The Balaban J connectivity index is 0.000000183. The lowest BCUT2D eigenvalue weighted by atomic mass is 10.0. The molecule has 0 aliphatic carbocycles. The minimum atomic E-state index is -0.378. The molecular weight excluding hydrogens is 2660 g/mol. The number of furan rings is 7. The summed E-state index contributed by atoms with van der Waals surface area (Å²) in [5, 5.41) is 74.0. The first kappa shape index (κ1) is 113. The number of benzene rings is 8. The Morgan fingerprint density at radius 3 is 1.06 bits per heavy atom. The minimum Gasteiger partial charge on any atom is -0.507 e. The fourth-order valence-corrected chi connectivity index (χ4v) is 15.7. The van der Waals surface area contributed by atoms with Crippen LogP contribution in [0.3, 0.4) is 0 Å². The lowest BCUT2D eigenvalue weighted by Gasteiger charge is -2.04. The molecule has 0 saturated carbocycles. The second kappa shape index (κ2) is 56.0. The number of hydrogen-bond acceptors (Lipinski definition) is 28. The number of ketones is 6. The second-order valence-corrected chi connectivity index (χ2v) is 39.9. The summed E-state index contributed by atoms with van der Waals surface area (Å²) in [5.41, 5.74) is 10.0. The molecule has 0 unspecified atom stereocenters. The van der Waals surface area contributed by atoms with Crippen LogP contribution in [0.4, 0.5) is 0 Å². The number of aryl methyl sites for hydroxylation is 4. The molecule has 140 heavy (non-hydrogen) atoms. The Bertz CT molecular complexity index is 7130. The van der Waals surface area contributed by atoms with Gasteiger partial charge in [-0.25, -0.2) is 5.43 Å². The zero-order valence-electron chi connectivity index (χ0n) is 72.8. The van der Waals surface area contributed by atoms with Gasteiger partial charge in [-0.15, -0.1) is 0 Å². The largest absolute Gasteiger partial charge is 0.507 e. The smallest absolute Gasteiger partial charge is 0.274 e. The third kappa shape index (κ3) is 35.9. The molecule has 7 heterocycles. The summed E-state index contributed by atoms with van der Waals surface area (Å²) in [6.45, 7) is 7.11. The fraction of sp³-hybridized carbons (Fsp3) is 0.102. The second-order valence-electron chi connectivity index (χ2n) is 28.7. The van der Waals surface area contributed by atoms with Crippen LogP contribution in [-0.2, 0) is 0 Å². The third-order valence-corrected chi connectivity index (χ3v) is 26.4. The van der Waals surface area contributed by atoms with Gasteiger partial charge in [0.1, 0.15) is 105 Å². The van der Waals surface area contributed by atoms with Crippen LogP contribution in [0.25, 0.3) is 10.8 Å². The summed E-state index contributed by atoms with van der Waals surface area (Å²) in [5.74, 6) is 0.593. The Morgan fingerprint density at radius 2 is 0.671 bits per heavy atom. The number of halogens is 13.